The quantitative estimate of drug-likeness (QED) is 0.536. The topological polar surface area (TPSA) is 68.3 Å². The van der Waals surface area contributed by atoms with Crippen molar-refractivity contribution in [2.75, 3.05) is 0 Å². The fraction of sp³-hybridized carbons (Fsp3) is 0.176. The van der Waals surface area contributed by atoms with Crippen LogP contribution in [0.1, 0.15) is 21.7 Å². The number of fused-ring (bicyclic) bond motifs is 4. The molecular formula is C17H14N6O. The monoisotopic (exact) mass is 318 g/mol. The molecule has 1 aliphatic rings. The summed E-state index contributed by atoms with van der Waals surface area (Å²) in [6.45, 7) is 1.14. The van der Waals surface area contributed by atoms with Gasteiger partial charge in [0, 0.05) is 25.4 Å². The Morgan fingerprint density at radius 1 is 1.12 bits per heavy atom. The van der Waals surface area contributed by atoms with Gasteiger partial charge in [-0.15, -0.1) is 0 Å². The van der Waals surface area contributed by atoms with Crippen LogP contribution >= 0.6 is 0 Å². The van der Waals surface area contributed by atoms with E-state index in [1.807, 2.05) is 52.8 Å². The average molecular weight is 318 g/mol. The van der Waals surface area contributed by atoms with E-state index in [1.165, 1.54) is 0 Å². The van der Waals surface area contributed by atoms with E-state index in [0.717, 1.165) is 22.3 Å². The summed E-state index contributed by atoms with van der Waals surface area (Å²) in [4.78, 5) is 23.5. The fourth-order valence-corrected chi connectivity index (χ4v) is 3.26. The number of para-hydroxylation sites is 2. The molecule has 0 bridgehead atoms. The van der Waals surface area contributed by atoms with Gasteiger partial charge in [0.05, 0.1) is 29.5 Å². The molecule has 7 nitrogen and oxygen atoms in total. The zero-order valence-corrected chi connectivity index (χ0v) is 13.0. The molecule has 4 aromatic rings. The number of aryl methyl sites for hydroxylation is 1. The number of rotatable bonds is 1. The number of nitrogens with zero attached hydrogens (tertiary/aromatic N) is 6. The maximum atomic E-state index is 12.8. The fourth-order valence-electron chi connectivity index (χ4n) is 3.26. The zero-order chi connectivity index (χ0) is 16.3. The van der Waals surface area contributed by atoms with E-state index in [0.29, 0.717) is 24.6 Å². The summed E-state index contributed by atoms with van der Waals surface area (Å²) in [5, 5.41) is 4.22. The summed E-state index contributed by atoms with van der Waals surface area (Å²) in [5.41, 5.74) is 4.45. The second-order valence-electron chi connectivity index (χ2n) is 5.98. The van der Waals surface area contributed by atoms with Crippen LogP contribution in [0.3, 0.4) is 0 Å². The molecule has 0 saturated heterocycles. The molecule has 1 amide bonds. The lowest BCUT2D eigenvalue weighted by Crippen LogP contribution is -2.27. The van der Waals surface area contributed by atoms with E-state index in [4.69, 9.17) is 0 Å². The van der Waals surface area contributed by atoms with Gasteiger partial charge < -0.3 is 4.90 Å². The highest BCUT2D eigenvalue weighted by molar-refractivity contribution is 5.93. The summed E-state index contributed by atoms with van der Waals surface area (Å²) in [6.07, 6.45) is 3.68. The Morgan fingerprint density at radius 2 is 2.00 bits per heavy atom. The van der Waals surface area contributed by atoms with Crippen molar-refractivity contribution in [2.24, 2.45) is 7.05 Å². The lowest BCUT2D eigenvalue weighted by atomic mass is 10.3. The lowest BCUT2D eigenvalue weighted by molar-refractivity contribution is 0.0742. The number of carbonyl (C=O) groups is 1. The van der Waals surface area contributed by atoms with Crippen molar-refractivity contribution in [3.63, 3.8) is 0 Å². The summed E-state index contributed by atoms with van der Waals surface area (Å²) >= 11 is 0. The molecule has 0 radical (unpaired) electrons. The Labute approximate surface area is 137 Å². The zero-order valence-electron chi connectivity index (χ0n) is 13.0. The first-order valence-electron chi connectivity index (χ1n) is 7.73. The molecule has 0 atom stereocenters. The third-order valence-electron chi connectivity index (χ3n) is 4.54. The van der Waals surface area contributed by atoms with E-state index < -0.39 is 0 Å². The molecule has 0 unspecified atom stereocenters. The molecule has 0 N–H and O–H groups in total. The number of amides is 1. The van der Waals surface area contributed by atoms with Gasteiger partial charge in [-0.25, -0.2) is 9.97 Å². The lowest BCUT2D eigenvalue weighted by Gasteiger charge is -2.15. The molecule has 0 aliphatic carbocycles. The van der Waals surface area contributed by atoms with Crippen LogP contribution in [-0.4, -0.2) is 35.0 Å². The molecule has 24 heavy (non-hydrogen) atoms. The molecule has 4 heterocycles. The van der Waals surface area contributed by atoms with Crippen LogP contribution in [0.25, 0.3) is 16.8 Å². The van der Waals surface area contributed by atoms with E-state index in [1.54, 1.807) is 11.0 Å². The Morgan fingerprint density at radius 3 is 2.88 bits per heavy atom. The van der Waals surface area contributed by atoms with Crippen LogP contribution in [-0.2, 0) is 20.1 Å². The summed E-state index contributed by atoms with van der Waals surface area (Å²) in [7, 11) is 1.90. The van der Waals surface area contributed by atoms with Gasteiger partial charge in [0.1, 0.15) is 5.69 Å². The number of hydrogen-bond donors (Lipinski definition) is 0. The van der Waals surface area contributed by atoms with Crippen molar-refractivity contribution in [3.05, 3.63) is 59.7 Å². The number of benzene rings is 1. The van der Waals surface area contributed by atoms with Crippen molar-refractivity contribution in [1.29, 1.82) is 0 Å². The molecule has 0 fully saturated rings. The molecule has 7 heteroatoms. The van der Waals surface area contributed by atoms with Gasteiger partial charge in [-0.3, -0.25) is 13.9 Å². The molecule has 5 rings (SSSR count). The van der Waals surface area contributed by atoms with Crippen LogP contribution < -0.4 is 0 Å². The summed E-state index contributed by atoms with van der Waals surface area (Å²) < 4.78 is 3.72. The van der Waals surface area contributed by atoms with E-state index in [9.17, 15) is 4.79 Å². The molecule has 118 valence electrons. The Hall–Kier alpha value is -3.22. The molecule has 1 aromatic carbocycles. The van der Waals surface area contributed by atoms with Crippen molar-refractivity contribution in [3.8, 4) is 0 Å². The van der Waals surface area contributed by atoms with Crippen LogP contribution in [0, 0.1) is 0 Å². The number of aromatic nitrogens is 5. The minimum absolute atomic E-state index is 0.0826. The first kappa shape index (κ1) is 13.2. The van der Waals surface area contributed by atoms with Crippen LogP contribution in [0.5, 0.6) is 0 Å². The van der Waals surface area contributed by atoms with Gasteiger partial charge in [-0.05, 0) is 18.2 Å². The van der Waals surface area contributed by atoms with Crippen LogP contribution in [0.4, 0.5) is 0 Å². The second kappa shape index (κ2) is 4.64. The normalized spacial score (nSPS) is 13.8. The van der Waals surface area contributed by atoms with Crippen molar-refractivity contribution in [1.82, 2.24) is 29.0 Å². The first-order valence-corrected chi connectivity index (χ1v) is 7.73. The largest absolute Gasteiger partial charge is 0.327 e. The maximum Gasteiger partial charge on any atom is 0.273 e. The van der Waals surface area contributed by atoms with E-state index >= 15 is 0 Å². The van der Waals surface area contributed by atoms with Gasteiger partial charge in [0.15, 0.2) is 0 Å². The molecular weight excluding hydrogens is 304 g/mol. The SMILES string of the molecule is Cn1ncc2c1CN(C(=O)c1ccn3c(n1)nc1ccccc13)C2. The summed E-state index contributed by atoms with van der Waals surface area (Å²) in [6, 6.07) is 9.59. The predicted molar refractivity (Wildman–Crippen MR) is 87.3 cm³/mol. The van der Waals surface area contributed by atoms with E-state index in [-0.39, 0.29) is 5.91 Å². The minimum atomic E-state index is -0.0826. The number of carbonyl (C=O) groups excluding carboxylic acids is 1. The van der Waals surface area contributed by atoms with Gasteiger partial charge in [0.2, 0.25) is 5.78 Å². The molecule has 0 saturated carbocycles. The van der Waals surface area contributed by atoms with Gasteiger partial charge in [0.25, 0.3) is 5.91 Å². The maximum absolute atomic E-state index is 12.8. The predicted octanol–water partition coefficient (Wildman–Crippen LogP) is 1.77. The van der Waals surface area contributed by atoms with Crippen molar-refractivity contribution >= 4 is 22.7 Å². The number of imidazole rings is 1. The smallest absolute Gasteiger partial charge is 0.273 e. The Bertz CT molecular complexity index is 1110. The molecule has 1 aliphatic heterocycles. The van der Waals surface area contributed by atoms with Crippen molar-refractivity contribution in [2.45, 2.75) is 13.1 Å². The first-order chi connectivity index (χ1) is 11.7. The van der Waals surface area contributed by atoms with Crippen LogP contribution in [0.15, 0.2) is 42.7 Å². The number of hydrogen-bond acceptors (Lipinski definition) is 4. The van der Waals surface area contributed by atoms with Gasteiger partial charge in [-0.1, -0.05) is 12.1 Å². The van der Waals surface area contributed by atoms with Crippen LogP contribution in [0.2, 0.25) is 0 Å². The highest BCUT2D eigenvalue weighted by Gasteiger charge is 2.28. The highest BCUT2D eigenvalue weighted by Crippen LogP contribution is 2.23. The Kier molecular flexibility index (Phi) is 2.56. The average Bonchev–Trinajstić information content (AvgIpc) is 3.27. The summed E-state index contributed by atoms with van der Waals surface area (Å²) in [5.74, 6) is 0.459. The van der Waals surface area contributed by atoms with Crippen molar-refractivity contribution < 1.29 is 4.79 Å². The van der Waals surface area contributed by atoms with Gasteiger partial charge >= 0.3 is 0 Å². The van der Waals surface area contributed by atoms with E-state index in [2.05, 4.69) is 15.1 Å². The minimum Gasteiger partial charge on any atom is -0.327 e. The second-order valence-corrected chi connectivity index (χ2v) is 5.98. The third kappa shape index (κ3) is 1.78. The Balaban J connectivity index is 1.52. The molecule has 0 spiro atoms. The highest BCUT2D eigenvalue weighted by atomic mass is 16.2. The third-order valence-corrected chi connectivity index (χ3v) is 4.54. The standard InChI is InChI=1S/C17H14N6O/c1-21-15-10-22(9-11(15)8-18-21)16(24)13-6-7-23-14-5-3-2-4-12(14)19-17(23)20-13/h2-8H,9-10H2,1H3. The van der Waals surface area contributed by atoms with Gasteiger partial charge in [-0.2, -0.15) is 5.10 Å². The molecule has 3 aromatic heterocycles.